The van der Waals surface area contributed by atoms with Gasteiger partial charge in [-0.1, -0.05) is 13.3 Å². The largest absolute Gasteiger partial charge is 0.479 e. The molecule has 0 fully saturated rings. The molecule has 8 heteroatoms. The van der Waals surface area contributed by atoms with Crippen LogP contribution in [0.2, 0.25) is 0 Å². The Hall–Kier alpha value is -3.03. The molecule has 130 valence electrons. The van der Waals surface area contributed by atoms with Gasteiger partial charge < -0.3 is 24.1 Å². The minimum absolute atomic E-state index is 0.242. The van der Waals surface area contributed by atoms with E-state index in [-0.39, 0.29) is 6.79 Å². The van der Waals surface area contributed by atoms with Crippen molar-refractivity contribution in [2.24, 2.45) is 0 Å². The number of unbranched alkanes of at least 4 members (excludes halogenated alkanes) is 1. The highest BCUT2D eigenvalue weighted by atomic mass is 16.7. The Balaban J connectivity index is 1.68. The molecule has 1 aliphatic rings. The van der Waals surface area contributed by atoms with Crippen LogP contribution >= 0.6 is 0 Å². The van der Waals surface area contributed by atoms with Crippen LogP contribution in [-0.4, -0.2) is 33.4 Å². The van der Waals surface area contributed by atoms with Crippen molar-refractivity contribution in [3.05, 3.63) is 24.5 Å². The SMILES string of the molecule is CCCCn1cnc2c(OC)nc(Nc3ccc4c(c3)OCO4)nc21. The molecule has 0 aliphatic carbocycles. The van der Waals surface area contributed by atoms with Crippen LogP contribution < -0.4 is 19.5 Å². The molecule has 25 heavy (non-hydrogen) atoms. The van der Waals surface area contributed by atoms with E-state index in [4.69, 9.17) is 14.2 Å². The third-order valence-electron chi connectivity index (χ3n) is 4.01. The third-order valence-corrected chi connectivity index (χ3v) is 4.01. The molecule has 0 unspecified atom stereocenters. The van der Waals surface area contributed by atoms with Crippen molar-refractivity contribution in [2.75, 3.05) is 19.2 Å². The first-order chi connectivity index (χ1) is 12.3. The van der Waals surface area contributed by atoms with Crippen molar-refractivity contribution < 1.29 is 14.2 Å². The number of fused-ring (bicyclic) bond motifs is 2. The van der Waals surface area contributed by atoms with Crippen LogP contribution in [0.4, 0.5) is 11.6 Å². The number of hydrogen-bond acceptors (Lipinski definition) is 7. The average Bonchev–Trinajstić information content (AvgIpc) is 3.25. The summed E-state index contributed by atoms with van der Waals surface area (Å²) >= 11 is 0. The number of nitrogens with one attached hydrogen (secondary N) is 1. The second-order valence-corrected chi connectivity index (χ2v) is 5.71. The van der Waals surface area contributed by atoms with Gasteiger partial charge in [0.05, 0.1) is 13.4 Å². The van der Waals surface area contributed by atoms with E-state index in [1.165, 1.54) is 0 Å². The molecule has 3 heterocycles. The van der Waals surface area contributed by atoms with Crippen LogP contribution in [0, 0.1) is 0 Å². The minimum atomic E-state index is 0.242. The molecule has 0 bridgehead atoms. The first kappa shape index (κ1) is 15.5. The second-order valence-electron chi connectivity index (χ2n) is 5.71. The Morgan fingerprint density at radius 1 is 1.24 bits per heavy atom. The molecule has 0 amide bonds. The molecule has 0 atom stereocenters. The first-order valence-corrected chi connectivity index (χ1v) is 8.22. The van der Waals surface area contributed by atoms with Crippen LogP contribution in [0.5, 0.6) is 17.4 Å². The Bertz CT molecular complexity index is 909. The summed E-state index contributed by atoms with van der Waals surface area (Å²) in [5, 5.41) is 3.19. The van der Waals surface area contributed by atoms with E-state index in [0.717, 1.165) is 36.5 Å². The highest BCUT2D eigenvalue weighted by molar-refractivity contribution is 5.78. The second kappa shape index (κ2) is 6.46. The molecule has 4 rings (SSSR count). The zero-order valence-electron chi connectivity index (χ0n) is 14.2. The van der Waals surface area contributed by atoms with E-state index in [0.29, 0.717) is 23.1 Å². The third kappa shape index (κ3) is 2.90. The minimum Gasteiger partial charge on any atom is -0.479 e. The summed E-state index contributed by atoms with van der Waals surface area (Å²) in [6.45, 7) is 3.25. The van der Waals surface area contributed by atoms with Gasteiger partial charge in [-0.3, -0.25) is 0 Å². The molecule has 1 aliphatic heterocycles. The highest BCUT2D eigenvalue weighted by Gasteiger charge is 2.16. The Kier molecular flexibility index (Phi) is 4.01. The number of anilines is 2. The predicted octanol–water partition coefficient (Wildman–Crippen LogP) is 3.11. The quantitative estimate of drug-likeness (QED) is 0.737. The van der Waals surface area contributed by atoms with Gasteiger partial charge in [0.15, 0.2) is 22.7 Å². The number of benzene rings is 1. The molecular weight excluding hydrogens is 322 g/mol. The Morgan fingerprint density at radius 3 is 2.96 bits per heavy atom. The molecule has 0 saturated carbocycles. The highest BCUT2D eigenvalue weighted by Crippen LogP contribution is 2.35. The molecule has 1 N–H and O–H groups in total. The van der Waals surface area contributed by atoms with Gasteiger partial charge in [0.2, 0.25) is 18.6 Å². The molecule has 0 saturated heterocycles. The number of ether oxygens (including phenoxy) is 3. The molecule has 1 aromatic carbocycles. The normalized spacial score (nSPS) is 12.6. The van der Waals surface area contributed by atoms with Gasteiger partial charge in [-0.25, -0.2) is 4.98 Å². The lowest BCUT2D eigenvalue weighted by atomic mass is 10.3. The maximum absolute atomic E-state index is 5.40. The number of methoxy groups -OCH3 is 1. The van der Waals surface area contributed by atoms with Crippen molar-refractivity contribution in [1.29, 1.82) is 0 Å². The number of aryl methyl sites for hydroxylation is 1. The summed E-state index contributed by atoms with van der Waals surface area (Å²) in [5.74, 6) is 2.33. The van der Waals surface area contributed by atoms with Crippen molar-refractivity contribution in [3.8, 4) is 17.4 Å². The van der Waals surface area contributed by atoms with Gasteiger partial charge in [-0.2, -0.15) is 9.97 Å². The van der Waals surface area contributed by atoms with E-state index in [2.05, 4.69) is 27.2 Å². The van der Waals surface area contributed by atoms with E-state index in [9.17, 15) is 0 Å². The van der Waals surface area contributed by atoms with Crippen LogP contribution in [0.1, 0.15) is 19.8 Å². The van der Waals surface area contributed by atoms with Gasteiger partial charge >= 0.3 is 0 Å². The molecule has 8 nitrogen and oxygen atoms in total. The lowest BCUT2D eigenvalue weighted by molar-refractivity contribution is 0.174. The van der Waals surface area contributed by atoms with Crippen LogP contribution in [0.15, 0.2) is 24.5 Å². The lowest BCUT2D eigenvalue weighted by Crippen LogP contribution is -2.03. The summed E-state index contributed by atoms with van der Waals surface area (Å²) in [7, 11) is 1.58. The van der Waals surface area contributed by atoms with E-state index < -0.39 is 0 Å². The molecular formula is C17H19N5O3. The van der Waals surface area contributed by atoms with Crippen molar-refractivity contribution in [2.45, 2.75) is 26.3 Å². The van der Waals surface area contributed by atoms with E-state index in [1.807, 2.05) is 22.8 Å². The molecule has 3 aromatic rings. The maximum atomic E-state index is 5.40. The van der Waals surface area contributed by atoms with E-state index >= 15 is 0 Å². The van der Waals surface area contributed by atoms with Gasteiger partial charge in [0.1, 0.15) is 0 Å². The molecule has 0 radical (unpaired) electrons. The lowest BCUT2D eigenvalue weighted by Gasteiger charge is -2.09. The predicted molar refractivity (Wildman–Crippen MR) is 92.6 cm³/mol. The van der Waals surface area contributed by atoms with Gasteiger partial charge in [0.25, 0.3) is 0 Å². The summed E-state index contributed by atoms with van der Waals surface area (Å²) in [6.07, 6.45) is 3.94. The standard InChI is InChI=1S/C17H19N5O3/c1-3-4-7-22-9-18-14-15(22)20-17(21-16(14)23-2)19-11-5-6-12-13(8-11)25-10-24-12/h5-6,8-9H,3-4,7,10H2,1-2H3,(H,19,20,21). The fourth-order valence-corrected chi connectivity index (χ4v) is 2.71. The van der Waals surface area contributed by atoms with Gasteiger partial charge in [-0.05, 0) is 18.6 Å². The van der Waals surface area contributed by atoms with Crippen molar-refractivity contribution in [3.63, 3.8) is 0 Å². The van der Waals surface area contributed by atoms with Crippen LogP contribution in [0.3, 0.4) is 0 Å². The molecule has 0 spiro atoms. The zero-order valence-corrected chi connectivity index (χ0v) is 14.2. The number of nitrogens with zero attached hydrogens (tertiary/aromatic N) is 4. The van der Waals surface area contributed by atoms with Gasteiger partial charge in [0, 0.05) is 18.3 Å². The first-order valence-electron chi connectivity index (χ1n) is 8.22. The topological polar surface area (TPSA) is 83.3 Å². The summed E-state index contributed by atoms with van der Waals surface area (Å²) in [5.41, 5.74) is 2.23. The monoisotopic (exact) mass is 341 g/mol. The fourth-order valence-electron chi connectivity index (χ4n) is 2.71. The van der Waals surface area contributed by atoms with Crippen molar-refractivity contribution >= 4 is 22.8 Å². The maximum Gasteiger partial charge on any atom is 0.246 e. The fraction of sp³-hybridized carbons (Fsp3) is 0.353. The van der Waals surface area contributed by atoms with Crippen molar-refractivity contribution in [1.82, 2.24) is 19.5 Å². The Labute approximate surface area is 144 Å². The zero-order chi connectivity index (χ0) is 17.2. The number of imidazole rings is 1. The number of aromatic nitrogens is 4. The van der Waals surface area contributed by atoms with E-state index in [1.54, 1.807) is 13.4 Å². The summed E-state index contributed by atoms with van der Waals surface area (Å²) in [6, 6.07) is 5.60. The summed E-state index contributed by atoms with van der Waals surface area (Å²) < 4.78 is 18.1. The average molecular weight is 341 g/mol. The number of rotatable bonds is 6. The van der Waals surface area contributed by atoms with Crippen LogP contribution in [0.25, 0.3) is 11.2 Å². The molecule has 2 aromatic heterocycles. The Morgan fingerprint density at radius 2 is 2.12 bits per heavy atom. The van der Waals surface area contributed by atoms with Crippen LogP contribution in [-0.2, 0) is 6.54 Å². The number of hydrogen-bond donors (Lipinski definition) is 1. The van der Waals surface area contributed by atoms with Gasteiger partial charge in [-0.15, -0.1) is 0 Å². The summed E-state index contributed by atoms with van der Waals surface area (Å²) in [4.78, 5) is 13.4. The smallest absolute Gasteiger partial charge is 0.246 e.